The Hall–Kier alpha value is -1.95. The van der Waals surface area contributed by atoms with Crippen molar-refractivity contribution in [1.29, 1.82) is 0 Å². The van der Waals surface area contributed by atoms with Crippen molar-refractivity contribution in [3.05, 3.63) is 36.0 Å². The molecule has 1 N–H and O–H groups in total. The highest BCUT2D eigenvalue weighted by molar-refractivity contribution is 7.99. The summed E-state index contributed by atoms with van der Waals surface area (Å²) in [5.74, 6) is 1.58. The summed E-state index contributed by atoms with van der Waals surface area (Å²) < 4.78 is 0. The quantitative estimate of drug-likeness (QED) is 0.927. The number of carbonyl (C=O) groups excluding carboxylic acids is 2. The average molecular weight is 345 g/mol. The van der Waals surface area contributed by atoms with Crippen LogP contribution >= 0.6 is 11.8 Å². The van der Waals surface area contributed by atoms with Gasteiger partial charge in [0.1, 0.15) is 6.04 Å². The van der Waals surface area contributed by atoms with Crippen LogP contribution in [0, 0.1) is 5.92 Å². The van der Waals surface area contributed by atoms with Crippen molar-refractivity contribution in [2.45, 2.75) is 19.9 Å². The number of hydrogen-bond donors (Lipinski definition) is 1. The van der Waals surface area contributed by atoms with Gasteiger partial charge in [-0.05, 0) is 12.0 Å². The monoisotopic (exact) mass is 345 g/mol. The van der Waals surface area contributed by atoms with E-state index >= 15 is 0 Å². The summed E-state index contributed by atoms with van der Waals surface area (Å²) in [4.78, 5) is 32.3. The van der Waals surface area contributed by atoms with Crippen molar-refractivity contribution in [1.82, 2.24) is 14.8 Å². The third kappa shape index (κ3) is 3.15. The van der Waals surface area contributed by atoms with Gasteiger partial charge in [0.25, 0.3) is 5.91 Å². The van der Waals surface area contributed by atoms with Crippen LogP contribution in [0.3, 0.4) is 0 Å². The molecule has 2 aromatic rings. The number of nitrogens with one attached hydrogen (secondary N) is 1. The number of hydrogen-bond acceptors (Lipinski definition) is 3. The summed E-state index contributed by atoms with van der Waals surface area (Å²) in [5, 5.41) is 0.904. The van der Waals surface area contributed by atoms with Crippen molar-refractivity contribution in [3.63, 3.8) is 0 Å². The second-order valence-corrected chi connectivity index (χ2v) is 7.65. The summed E-state index contributed by atoms with van der Waals surface area (Å²) in [6.07, 6.45) is 1.75. The van der Waals surface area contributed by atoms with Crippen LogP contribution in [0.4, 0.5) is 0 Å². The molecule has 0 spiro atoms. The minimum absolute atomic E-state index is 0.0295. The Kier molecular flexibility index (Phi) is 4.85. The minimum atomic E-state index is -0.375. The highest BCUT2D eigenvalue weighted by Crippen LogP contribution is 2.27. The maximum Gasteiger partial charge on any atom is 0.257 e. The summed E-state index contributed by atoms with van der Waals surface area (Å²) in [6, 6.07) is 7.37. The molecular formula is C18H23N3O2S. The van der Waals surface area contributed by atoms with Crippen LogP contribution in [0.15, 0.2) is 30.5 Å². The molecule has 5 nitrogen and oxygen atoms in total. The molecular weight excluding hydrogens is 322 g/mol. The summed E-state index contributed by atoms with van der Waals surface area (Å²) >= 11 is 1.63. The van der Waals surface area contributed by atoms with E-state index in [2.05, 4.69) is 18.8 Å². The molecule has 128 valence electrons. The summed E-state index contributed by atoms with van der Waals surface area (Å²) in [7, 11) is 1.82. The number of carbonyl (C=O) groups is 2. The molecule has 24 heavy (non-hydrogen) atoms. The third-order valence-corrected chi connectivity index (χ3v) is 5.28. The molecule has 1 aliphatic heterocycles. The number of H-pyrrole nitrogens is 1. The Labute approximate surface area is 146 Å². The van der Waals surface area contributed by atoms with Gasteiger partial charge in [0.2, 0.25) is 5.91 Å². The van der Waals surface area contributed by atoms with E-state index in [1.54, 1.807) is 27.8 Å². The number of likely N-dealkylation sites (N-methyl/N-ethyl adjacent to an activating group) is 1. The van der Waals surface area contributed by atoms with E-state index in [-0.39, 0.29) is 17.9 Å². The molecule has 1 atom stereocenters. The number of para-hydroxylation sites is 1. The van der Waals surface area contributed by atoms with Gasteiger partial charge in [-0.25, -0.2) is 0 Å². The lowest BCUT2D eigenvalue weighted by molar-refractivity contribution is -0.134. The second kappa shape index (κ2) is 6.89. The van der Waals surface area contributed by atoms with Crippen molar-refractivity contribution >= 4 is 34.5 Å². The van der Waals surface area contributed by atoms with Crippen molar-refractivity contribution in [3.8, 4) is 0 Å². The van der Waals surface area contributed by atoms with Crippen molar-refractivity contribution in [2.75, 3.05) is 25.2 Å². The molecule has 1 aromatic heterocycles. The molecule has 0 bridgehead atoms. The lowest BCUT2D eigenvalue weighted by Crippen LogP contribution is -2.48. The lowest BCUT2D eigenvalue weighted by Gasteiger charge is -2.28. The standard InChI is InChI=1S/C18H23N3O2S/c1-12(2)9-20(3)18(23)16-10-24-11-21(16)17(22)14-8-19-15-7-5-4-6-13(14)15/h4-8,12,16,19H,9-11H2,1-3H3. The first kappa shape index (κ1) is 16.9. The Morgan fingerprint density at radius 3 is 2.88 bits per heavy atom. The fraction of sp³-hybridized carbons (Fsp3) is 0.444. The van der Waals surface area contributed by atoms with Crippen LogP contribution in [-0.2, 0) is 4.79 Å². The normalized spacial score (nSPS) is 17.7. The molecule has 2 heterocycles. The van der Waals surface area contributed by atoms with Gasteiger partial charge in [0.05, 0.1) is 11.4 Å². The van der Waals surface area contributed by atoms with E-state index in [1.165, 1.54) is 0 Å². The first-order chi connectivity index (χ1) is 11.5. The van der Waals surface area contributed by atoms with Crippen LogP contribution in [0.25, 0.3) is 10.9 Å². The fourth-order valence-electron chi connectivity index (χ4n) is 3.14. The topological polar surface area (TPSA) is 56.4 Å². The molecule has 0 saturated carbocycles. The van der Waals surface area contributed by atoms with Crippen LogP contribution in [0.2, 0.25) is 0 Å². The zero-order valence-electron chi connectivity index (χ0n) is 14.3. The number of rotatable bonds is 4. The molecule has 2 amide bonds. The lowest BCUT2D eigenvalue weighted by atomic mass is 10.1. The van der Waals surface area contributed by atoms with Crippen LogP contribution in [0.1, 0.15) is 24.2 Å². The maximum absolute atomic E-state index is 13.0. The molecule has 0 radical (unpaired) electrons. The highest BCUT2D eigenvalue weighted by Gasteiger charge is 2.37. The average Bonchev–Trinajstić information content (AvgIpc) is 3.19. The number of fused-ring (bicyclic) bond motifs is 1. The van der Waals surface area contributed by atoms with E-state index in [0.29, 0.717) is 29.7 Å². The van der Waals surface area contributed by atoms with E-state index < -0.39 is 0 Å². The smallest absolute Gasteiger partial charge is 0.257 e. The fourth-order valence-corrected chi connectivity index (χ4v) is 4.29. The number of benzene rings is 1. The van der Waals surface area contributed by atoms with Gasteiger partial charge in [0.15, 0.2) is 0 Å². The Morgan fingerprint density at radius 2 is 2.12 bits per heavy atom. The van der Waals surface area contributed by atoms with Crippen molar-refractivity contribution in [2.24, 2.45) is 5.92 Å². The first-order valence-electron chi connectivity index (χ1n) is 8.19. The predicted octanol–water partition coefficient (Wildman–Crippen LogP) is 2.80. The number of thioether (sulfide) groups is 1. The largest absolute Gasteiger partial charge is 0.360 e. The SMILES string of the molecule is CC(C)CN(C)C(=O)C1CSCN1C(=O)c1c[nH]c2ccccc12. The zero-order chi connectivity index (χ0) is 17.3. The Bertz CT molecular complexity index is 756. The second-order valence-electron chi connectivity index (χ2n) is 6.65. The molecule has 1 fully saturated rings. The van der Waals surface area contributed by atoms with Gasteiger partial charge in [-0.2, -0.15) is 0 Å². The molecule has 1 saturated heterocycles. The Balaban J connectivity index is 1.82. The molecule has 1 aromatic carbocycles. The summed E-state index contributed by atoms with van der Waals surface area (Å²) in [5.41, 5.74) is 1.57. The molecule has 1 aliphatic rings. The first-order valence-corrected chi connectivity index (χ1v) is 9.34. The van der Waals surface area contributed by atoms with Crippen LogP contribution in [0.5, 0.6) is 0 Å². The van der Waals surface area contributed by atoms with Crippen LogP contribution < -0.4 is 0 Å². The number of aromatic amines is 1. The number of nitrogens with zero attached hydrogens (tertiary/aromatic N) is 2. The van der Waals surface area contributed by atoms with E-state index in [9.17, 15) is 9.59 Å². The van der Waals surface area contributed by atoms with Gasteiger partial charge in [-0.15, -0.1) is 11.8 Å². The van der Waals surface area contributed by atoms with Gasteiger partial charge >= 0.3 is 0 Å². The molecule has 0 aliphatic carbocycles. The van der Waals surface area contributed by atoms with E-state index in [4.69, 9.17) is 0 Å². The van der Waals surface area contributed by atoms with Gasteiger partial charge in [-0.3, -0.25) is 9.59 Å². The van der Waals surface area contributed by atoms with E-state index in [0.717, 1.165) is 10.9 Å². The van der Waals surface area contributed by atoms with Gasteiger partial charge in [0, 0.05) is 36.4 Å². The Morgan fingerprint density at radius 1 is 1.38 bits per heavy atom. The molecule has 6 heteroatoms. The summed E-state index contributed by atoms with van der Waals surface area (Å²) in [6.45, 7) is 4.87. The minimum Gasteiger partial charge on any atom is -0.360 e. The van der Waals surface area contributed by atoms with E-state index in [1.807, 2.05) is 31.3 Å². The predicted molar refractivity (Wildman–Crippen MR) is 98.1 cm³/mol. The number of amides is 2. The van der Waals surface area contributed by atoms with Crippen LogP contribution in [-0.4, -0.2) is 57.9 Å². The van der Waals surface area contributed by atoms with Crippen molar-refractivity contribution < 1.29 is 9.59 Å². The zero-order valence-corrected chi connectivity index (χ0v) is 15.1. The molecule has 3 rings (SSSR count). The highest BCUT2D eigenvalue weighted by atomic mass is 32.2. The maximum atomic E-state index is 13.0. The van der Waals surface area contributed by atoms with Gasteiger partial charge in [-0.1, -0.05) is 32.0 Å². The molecule has 1 unspecified atom stereocenters. The third-order valence-electron chi connectivity index (χ3n) is 4.26. The number of aromatic nitrogens is 1. The van der Waals surface area contributed by atoms with Gasteiger partial charge < -0.3 is 14.8 Å².